The smallest absolute Gasteiger partial charge is 0.254 e. The zero-order valence-electron chi connectivity index (χ0n) is 26.4. The minimum Gasteiger partial charge on any atom is -0.497 e. The van der Waals surface area contributed by atoms with Gasteiger partial charge in [-0.2, -0.15) is 0 Å². The molecular formula is C34H50N2O5. The van der Waals surface area contributed by atoms with Crippen molar-refractivity contribution in [2.75, 3.05) is 54.7 Å². The van der Waals surface area contributed by atoms with E-state index in [1.54, 1.807) is 28.4 Å². The van der Waals surface area contributed by atoms with Crippen LogP contribution in [-0.4, -0.2) is 82.5 Å². The molecule has 1 aromatic rings. The number of likely N-dealkylation sites (tertiary alicyclic amines) is 1. The fourth-order valence-electron chi connectivity index (χ4n) is 5.12. The molecule has 0 radical (unpaired) electrons. The third-order valence-corrected chi connectivity index (χ3v) is 7.47. The van der Waals surface area contributed by atoms with Crippen LogP contribution in [0.5, 0.6) is 5.75 Å². The average Bonchev–Trinajstić information content (AvgIpc) is 3.24. The summed E-state index contributed by atoms with van der Waals surface area (Å²) in [5.74, 6) is 1.37. The fourth-order valence-corrected chi connectivity index (χ4v) is 5.12. The van der Waals surface area contributed by atoms with Gasteiger partial charge in [0.2, 0.25) is 0 Å². The molecule has 1 aliphatic heterocycles. The summed E-state index contributed by atoms with van der Waals surface area (Å²) in [6.07, 6.45) is 9.72. The predicted octanol–water partition coefficient (Wildman–Crippen LogP) is 6.32. The van der Waals surface area contributed by atoms with Crippen LogP contribution in [-0.2, 0) is 20.8 Å². The first kappa shape index (κ1) is 34.2. The number of hydrogen-bond donors (Lipinski definition) is 0. The number of nitrogens with zero attached hydrogens (tertiary/aromatic N) is 2. The van der Waals surface area contributed by atoms with E-state index in [1.165, 1.54) is 0 Å². The largest absolute Gasteiger partial charge is 0.497 e. The van der Waals surface area contributed by atoms with Gasteiger partial charge in [0, 0.05) is 56.1 Å². The van der Waals surface area contributed by atoms with E-state index in [9.17, 15) is 4.79 Å². The summed E-state index contributed by atoms with van der Waals surface area (Å²) in [7, 11) is 6.61. The van der Waals surface area contributed by atoms with Crippen LogP contribution < -0.4 is 4.74 Å². The molecule has 2 unspecified atom stereocenters. The second-order valence-corrected chi connectivity index (χ2v) is 10.3. The van der Waals surface area contributed by atoms with Gasteiger partial charge in [-0.25, -0.2) is 0 Å². The van der Waals surface area contributed by atoms with Crippen LogP contribution in [0.15, 0.2) is 64.8 Å². The summed E-state index contributed by atoms with van der Waals surface area (Å²) in [5, 5.41) is 0. The summed E-state index contributed by atoms with van der Waals surface area (Å²) in [6.45, 7) is 11.7. The van der Waals surface area contributed by atoms with E-state index in [2.05, 4.69) is 43.2 Å². The maximum atomic E-state index is 13.8. The first-order valence-corrected chi connectivity index (χ1v) is 14.6. The summed E-state index contributed by atoms with van der Waals surface area (Å²) >= 11 is 0. The normalized spacial score (nSPS) is 16.2. The Bertz CT molecular complexity index is 1140. The van der Waals surface area contributed by atoms with E-state index in [4.69, 9.17) is 18.9 Å². The number of allylic oxidation sites excluding steroid dienone is 2. The molecule has 0 saturated carbocycles. The molecule has 1 heterocycles. The third-order valence-electron chi connectivity index (χ3n) is 7.47. The van der Waals surface area contributed by atoms with Crippen molar-refractivity contribution in [1.82, 2.24) is 9.80 Å². The number of methoxy groups -OCH3 is 4. The Morgan fingerprint density at radius 3 is 2.56 bits per heavy atom. The van der Waals surface area contributed by atoms with Crippen LogP contribution in [0.25, 0.3) is 0 Å². The SMILES string of the molecule is C/C=C\C(=C=C(CC)C(C)=C=CC(C)N1CCCC(N(CCOC)C(=O)c2cc(COC)cc(OC)c2)CC1)OC. The summed E-state index contributed by atoms with van der Waals surface area (Å²) in [6, 6.07) is 5.98. The zero-order chi connectivity index (χ0) is 30.2. The van der Waals surface area contributed by atoms with Gasteiger partial charge in [-0.3, -0.25) is 9.69 Å². The Balaban J connectivity index is 2.23. The molecule has 7 heteroatoms. The molecule has 1 amide bonds. The lowest BCUT2D eigenvalue weighted by Gasteiger charge is -2.32. The number of rotatable bonds is 14. The topological polar surface area (TPSA) is 60.5 Å². The zero-order valence-corrected chi connectivity index (χ0v) is 26.4. The van der Waals surface area contributed by atoms with Gasteiger partial charge < -0.3 is 23.8 Å². The quantitative estimate of drug-likeness (QED) is 0.149. The highest BCUT2D eigenvalue weighted by molar-refractivity contribution is 5.95. The molecule has 226 valence electrons. The lowest BCUT2D eigenvalue weighted by atomic mass is 10.0. The highest BCUT2D eigenvalue weighted by atomic mass is 16.5. The van der Waals surface area contributed by atoms with Gasteiger partial charge in [0.1, 0.15) is 5.75 Å². The molecule has 7 nitrogen and oxygen atoms in total. The van der Waals surface area contributed by atoms with Crippen molar-refractivity contribution in [1.29, 1.82) is 0 Å². The van der Waals surface area contributed by atoms with E-state index >= 15 is 0 Å². The van der Waals surface area contributed by atoms with E-state index in [0.29, 0.717) is 36.8 Å². The Morgan fingerprint density at radius 2 is 1.93 bits per heavy atom. The van der Waals surface area contributed by atoms with Gasteiger partial charge in [0.25, 0.3) is 5.91 Å². The third kappa shape index (κ3) is 10.7. The van der Waals surface area contributed by atoms with Crippen LogP contribution >= 0.6 is 0 Å². The average molecular weight is 567 g/mol. The van der Waals surface area contributed by atoms with Crippen LogP contribution in [0.1, 0.15) is 69.3 Å². The van der Waals surface area contributed by atoms with Crippen molar-refractivity contribution >= 4 is 5.91 Å². The van der Waals surface area contributed by atoms with E-state index in [1.807, 2.05) is 42.2 Å². The van der Waals surface area contributed by atoms with Gasteiger partial charge >= 0.3 is 0 Å². The lowest BCUT2D eigenvalue weighted by Crippen LogP contribution is -2.43. The van der Waals surface area contributed by atoms with Crippen molar-refractivity contribution in [3.05, 3.63) is 75.9 Å². The molecule has 0 aromatic heterocycles. The van der Waals surface area contributed by atoms with Gasteiger partial charge in [-0.15, -0.1) is 5.73 Å². The van der Waals surface area contributed by atoms with Crippen molar-refractivity contribution < 1.29 is 23.7 Å². The Morgan fingerprint density at radius 1 is 1.15 bits per heavy atom. The molecule has 41 heavy (non-hydrogen) atoms. The number of carbonyl (C=O) groups is 1. The van der Waals surface area contributed by atoms with Crippen molar-refractivity contribution in [2.24, 2.45) is 0 Å². The summed E-state index contributed by atoms with van der Waals surface area (Å²) < 4.78 is 21.6. The van der Waals surface area contributed by atoms with Gasteiger partial charge in [0.15, 0.2) is 5.76 Å². The number of amides is 1. The monoisotopic (exact) mass is 566 g/mol. The summed E-state index contributed by atoms with van der Waals surface area (Å²) in [5.41, 5.74) is 10.6. The van der Waals surface area contributed by atoms with Gasteiger partial charge in [-0.05, 0) is 88.9 Å². The second-order valence-electron chi connectivity index (χ2n) is 10.3. The van der Waals surface area contributed by atoms with Crippen molar-refractivity contribution in [3.8, 4) is 5.75 Å². The number of carbonyl (C=O) groups excluding carboxylic acids is 1. The Hall–Kier alpha value is -3.05. The van der Waals surface area contributed by atoms with Gasteiger partial charge in [-0.1, -0.05) is 18.7 Å². The van der Waals surface area contributed by atoms with Crippen LogP contribution in [0, 0.1) is 0 Å². The maximum Gasteiger partial charge on any atom is 0.254 e. The number of ether oxygens (including phenoxy) is 4. The molecule has 0 aliphatic carbocycles. The van der Waals surface area contributed by atoms with Crippen LogP contribution in [0.3, 0.4) is 0 Å². The van der Waals surface area contributed by atoms with Crippen molar-refractivity contribution in [2.45, 2.75) is 72.1 Å². The van der Waals surface area contributed by atoms with E-state index < -0.39 is 0 Å². The number of benzene rings is 1. The highest BCUT2D eigenvalue weighted by Gasteiger charge is 2.28. The lowest BCUT2D eigenvalue weighted by molar-refractivity contribution is 0.0579. The summed E-state index contributed by atoms with van der Waals surface area (Å²) in [4.78, 5) is 18.3. The highest BCUT2D eigenvalue weighted by Crippen LogP contribution is 2.24. The molecule has 2 rings (SSSR count). The second kappa shape index (κ2) is 18.4. The first-order chi connectivity index (χ1) is 19.8. The molecule has 0 bridgehead atoms. The predicted molar refractivity (Wildman–Crippen MR) is 165 cm³/mol. The van der Waals surface area contributed by atoms with E-state index in [0.717, 1.165) is 55.5 Å². The van der Waals surface area contributed by atoms with Crippen LogP contribution in [0.2, 0.25) is 0 Å². The molecule has 2 atom stereocenters. The molecule has 0 spiro atoms. The molecule has 1 aliphatic rings. The maximum absolute atomic E-state index is 13.8. The first-order valence-electron chi connectivity index (χ1n) is 14.6. The van der Waals surface area contributed by atoms with Gasteiger partial charge in [0.05, 0.1) is 27.4 Å². The number of hydrogen-bond acceptors (Lipinski definition) is 6. The fraction of sp³-hybridized carbons (Fsp3) is 0.559. The Labute approximate surface area is 247 Å². The minimum absolute atomic E-state index is 0.00328. The standard InChI is InChI=1S/C34H50N2O5/c1-9-12-32(40-7)23-29(10-2)26(3)14-15-27(4)35-17-11-13-31(16-18-35)36(19-20-38-5)34(37)30-21-28(25-39-6)22-33(24-30)41-8/h9,12,15,21-22,24,27,31H,10-11,13,16-20,25H2,1-8H3/b12-9-. The molecule has 1 aromatic carbocycles. The molecular weight excluding hydrogens is 516 g/mol. The van der Waals surface area contributed by atoms with E-state index in [-0.39, 0.29) is 18.0 Å². The minimum atomic E-state index is 0.00328. The molecule has 1 fully saturated rings. The molecule has 1 saturated heterocycles. The Kier molecular flexibility index (Phi) is 15.3. The van der Waals surface area contributed by atoms with Crippen molar-refractivity contribution in [3.63, 3.8) is 0 Å². The molecule has 0 N–H and O–H groups in total. The van der Waals surface area contributed by atoms with Crippen LogP contribution in [0.4, 0.5) is 0 Å².